The molecule has 17 heavy (non-hydrogen) atoms. The molecule has 0 atom stereocenters. The molecule has 2 rings (SSSR count). The normalized spacial score (nSPS) is 12.0. The molecule has 0 radical (unpaired) electrons. The minimum absolute atomic E-state index is 0.0547. The molecule has 0 amide bonds. The van der Waals surface area contributed by atoms with E-state index in [-0.39, 0.29) is 5.41 Å². The van der Waals surface area contributed by atoms with E-state index in [9.17, 15) is 0 Å². The fourth-order valence-corrected chi connectivity index (χ4v) is 3.01. The first kappa shape index (κ1) is 12.6. The van der Waals surface area contributed by atoms with Gasteiger partial charge in [-0.25, -0.2) is 4.68 Å². The van der Waals surface area contributed by atoms with Gasteiger partial charge < -0.3 is 5.73 Å². The highest BCUT2D eigenvalue weighted by Gasteiger charge is 2.24. The van der Waals surface area contributed by atoms with Gasteiger partial charge in [0.25, 0.3) is 0 Å². The van der Waals surface area contributed by atoms with Gasteiger partial charge in [-0.2, -0.15) is 0 Å². The third-order valence-corrected chi connectivity index (χ3v) is 3.98. The zero-order valence-corrected chi connectivity index (χ0v) is 12.5. The monoisotopic (exact) mass is 314 g/mol. The van der Waals surface area contributed by atoms with Crippen molar-refractivity contribution in [3.8, 4) is 0 Å². The van der Waals surface area contributed by atoms with Crippen molar-refractivity contribution in [1.29, 1.82) is 0 Å². The van der Waals surface area contributed by atoms with Crippen LogP contribution in [0.15, 0.2) is 15.2 Å². The third-order valence-electron chi connectivity index (χ3n) is 2.43. The molecule has 92 valence electrons. The van der Waals surface area contributed by atoms with Crippen LogP contribution in [0.2, 0.25) is 0 Å². The zero-order valence-electron chi connectivity index (χ0n) is 10.1. The van der Waals surface area contributed by atoms with Gasteiger partial charge in [0.1, 0.15) is 0 Å². The van der Waals surface area contributed by atoms with E-state index < -0.39 is 0 Å². The smallest absolute Gasteiger partial charge is 0.169 e. The van der Waals surface area contributed by atoms with Gasteiger partial charge >= 0.3 is 0 Å². The van der Waals surface area contributed by atoms with Crippen LogP contribution in [0.3, 0.4) is 0 Å². The van der Waals surface area contributed by atoms with Crippen molar-refractivity contribution < 1.29 is 0 Å². The Balaban J connectivity index is 2.34. The maximum Gasteiger partial charge on any atom is 0.169 e. The van der Waals surface area contributed by atoms with Crippen LogP contribution in [-0.4, -0.2) is 15.0 Å². The molecule has 0 aliphatic carbocycles. The quantitative estimate of drug-likeness (QED) is 0.927. The van der Waals surface area contributed by atoms with Crippen LogP contribution in [0.5, 0.6) is 0 Å². The van der Waals surface area contributed by atoms with Crippen molar-refractivity contribution in [2.45, 2.75) is 32.7 Å². The number of nitrogens with two attached hydrogens (primary N) is 1. The largest absolute Gasteiger partial charge is 0.381 e. The highest BCUT2D eigenvalue weighted by molar-refractivity contribution is 9.11. The maximum atomic E-state index is 5.89. The number of nitrogens with zero attached hydrogens (tertiary/aromatic N) is 3. The Morgan fingerprint density at radius 2 is 2.18 bits per heavy atom. The van der Waals surface area contributed by atoms with Crippen LogP contribution in [0, 0.1) is 0 Å². The Bertz CT molecular complexity index is 524. The molecule has 4 nitrogen and oxygen atoms in total. The molecule has 0 aromatic carbocycles. The molecule has 0 saturated carbocycles. The summed E-state index contributed by atoms with van der Waals surface area (Å²) in [6.45, 7) is 7.05. The highest BCUT2D eigenvalue weighted by Crippen LogP contribution is 2.27. The molecule has 2 N–H and O–H groups in total. The number of nitrogen functional groups attached to an aromatic ring is 1. The SMILES string of the molecule is CC(C)(C)c1c(N)nnn1Cc1csc(Br)c1. The molecule has 0 spiro atoms. The predicted octanol–water partition coefficient (Wildman–Crippen LogP) is 3.03. The molecule has 0 saturated heterocycles. The van der Waals surface area contributed by atoms with Gasteiger partial charge in [-0.15, -0.1) is 16.4 Å². The first-order chi connectivity index (χ1) is 7.88. The number of hydrogen-bond donors (Lipinski definition) is 1. The standard InChI is InChI=1S/C11H15BrN4S/c1-11(2,3)9-10(13)14-15-16(9)5-7-4-8(12)17-6-7/h4,6H,5,13H2,1-3H3. The molecule has 0 fully saturated rings. The Hall–Kier alpha value is -0.880. The fourth-order valence-electron chi connectivity index (χ4n) is 1.81. The van der Waals surface area contributed by atoms with Crippen LogP contribution in [0.4, 0.5) is 5.82 Å². The molecule has 2 aromatic rings. The summed E-state index contributed by atoms with van der Waals surface area (Å²) in [5.41, 5.74) is 8.02. The first-order valence-corrected chi connectivity index (χ1v) is 6.97. The molecule has 0 aliphatic heterocycles. The lowest BCUT2D eigenvalue weighted by Gasteiger charge is -2.19. The average Bonchev–Trinajstić information content (AvgIpc) is 2.73. The molecule has 2 heterocycles. The van der Waals surface area contributed by atoms with Gasteiger partial charge in [0.2, 0.25) is 0 Å². The molecule has 0 bridgehead atoms. The zero-order chi connectivity index (χ0) is 12.6. The third kappa shape index (κ3) is 2.69. The summed E-state index contributed by atoms with van der Waals surface area (Å²) < 4.78 is 3.00. The highest BCUT2D eigenvalue weighted by atomic mass is 79.9. The van der Waals surface area contributed by atoms with Crippen molar-refractivity contribution in [3.63, 3.8) is 0 Å². The van der Waals surface area contributed by atoms with Crippen LogP contribution < -0.4 is 5.73 Å². The number of rotatable bonds is 2. The van der Waals surface area contributed by atoms with Gasteiger partial charge in [-0.1, -0.05) is 26.0 Å². The average molecular weight is 315 g/mol. The van der Waals surface area contributed by atoms with Crippen molar-refractivity contribution in [2.24, 2.45) is 0 Å². The van der Waals surface area contributed by atoms with Gasteiger partial charge in [0.15, 0.2) is 5.82 Å². The van der Waals surface area contributed by atoms with Crippen LogP contribution in [0.1, 0.15) is 32.0 Å². The van der Waals surface area contributed by atoms with E-state index in [0.29, 0.717) is 12.4 Å². The molecule has 0 unspecified atom stereocenters. The van der Waals surface area contributed by atoms with Crippen molar-refractivity contribution in [3.05, 3.63) is 26.5 Å². The van der Waals surface area contributed by atoms with Crippen molar-refractivity contribution >= 4 is 33.1 Å². The van der Waals surface area contributed by atoms with E-state index in [1.54, 1.807) is 11.3 Å². The predicted molar refractivity (Wildman–Crippen MR) is 74.3 cm³/mol. The Morgan fingerprint density at radius 1 is 1.47 bits per heavy atom. The van der Waals surface area contributed by atoms with Gasteiger partial charge in [0, 0.05) is 5.41 Å². The second-order valence-corrected chi connectivity index (χ2v) is 7.28. The Morgan fingerprint density at radius 3 is 2.71 bits per heavy atom. The molecular weight excluding hydrogens is 300 g/mol. The maximum absolute atomic E-state index is 5.89. The van der Waals surface area contributed by atoms with Gasteiger partial charge in [-0.05, 0) is 32.9 Å². The fraction of sp³-hybridized carbons (Fsp3) is 0.455. The number of halogens is 1. The number of aromatic nitrogens is 3. The lowest BCUT2D eigenvalue weighted by Crippen LogP contribution is -2.20. The summed E-state index contributed by atoms with van der Waals surface area (Å²) in [6, 6.07) is 2.09. The summed E-state index contributed by atoms with van der Waals surface area (Å²) >= 11 is 5.12. The van der Waals surface area contributed by atoms with Crippen molar-refractivity contribution in [1.82, 2.24) is 15.0 Å². The van der Waals surface area contributed by atoms with Crippen LogP contribution >= 0.6 is 27.3 Å². The molecule has 2 aromatic heterocycles. The Kier molecular flexibility index (Phi) is 3.27. The molecule has 0 aliphatic rings. The van der Waals surface area contributed by atoms with E-state index in [2.05, 4.69) is 58.5 Å². The van der Waals surface area contributed by atoms with Gasteiger partial charge in [-0.3, -0.25) is 0 Å². The van der Waals surface area contributed by atoms with E-state index in [4.69, 9.17) is 5.73 Å². The van der Waals surface area contributed by atoms with Crippen LogP contribution in [0.25, 0.3) is 0 Å². The second-order valence-electron chi connectivity index (χ2n) is 4.99. The number of anilines is 1. The van der Waals surface area contributed by atoms with Crippen LogP contribution in [-0.2, 0) is 12.0 Å². The summed E-state index contributed by atoms with van der Waals surface area (Å²) in [5.74, 6) is 0.520. The van der Waals surface area contributed by atoms with E-state index >= 15 is 0 Å². The summed E-state index contributed by atoms with van der Waals surface area (Å²) in [4.78, 5) is 0. The van der Waals surface area contributed by atoms with Crippen molar-refractivity contribution in [2.75, 3.05) is 5.73 Å². The van der Waals surface area contributed by atoms with E-state index in [1.165, 1.54) is 5.56 Å². The number of hydrogen-bond acceptors (Lipinski definition) is 4. The minimum Gasteiger partial charge on any atom is -0.381 e. The van der Waals surface area contributed by atoms with E-state index in [0.717, 1.165) is 9.48 Å². The van der Waals surface area contributed by atoms with Gasteiger partial charge in [0.05, 0.1) is 16.0 Å². The molecular formula is C11H15BrN4S. The summed E-state index contributed by atoms with van der Waals surface area (Å²) in [5, 5.41) is 10.2. The first-order valence-electron chi connectivity index (χ1n) is 5.30. The summed E-state index contributed by atoms with van der Waals surface area (Å²) in [6.07, 6.45) is 0. The lowest BCUT2D eigenvalue weighted by molar-refractivity contribution is 0.503. The lowest BCUT2D eigenvalue weighted by atomic mass is 9.92. The molecule has 6 heteroatoms. The number of thiophene rings is 1. The topological polar surface area (TPSA) is 56.7 Å². The second kappa shape index (κ2) is 4.42. The van der Waals surface area contributed by atoms with E-state index in [1.807, 2.05) is 4.68 Å². The Labute approximate surface area is 113 Å². The minimum atomic E-state index is -0.0547. The summed E-state index contributed by atoms with van der Waals surface area (Å²) in [7, 11) is 0.